The highest BCUT2D eigenvalue weighted by atomic mass is 35.5. The Kier molecular flexibility index (Phi) is 6.38. The van der Waals surface area contributed by atoms with Crippen LogP contribution in [0.3, 0.4) is 0 Å². The molecule has 0 saturated heterocycles. The molecule has 0 unspecified atom stereocenters. The molecule has 8 heteroatoms. The van der Waals surface area contributed by atoms with Crippen LogP contribution in [-0.4, -0.2) is 33.2 Å². The van der Waals surface area contributed by atoms with Crippen molar-refractivity contribution >= 4 is 11.6 Å². The van der Waals surface area contributed by atoms with Crippen molar-refractivity contribution in [2.75, 3.05) is 27.1 Å². The normalized spacial score (nSPS) is 11.5. The Bertz CT molecular complexity index is 441. The number of alkyl halides is 3. The number of nitrogens with two attached hydrogens (primary N) is 1. The van der Waals surface area contributed by atoms with Crippen LogP contribution in [0.15, 0.2) is 12.1 Å². The molecule has 1 aromatic rings. The van der Waals surface area contributed by atoms with Gasteiger partial charge in [0.2, 0.25) is 0 Å². The molecule has 0 aliphatic carbocycles. The van der Waals surface area contributed by atoms with E-state index in [4.69, 9.17) is 26.8 Å². The van der Waals surface area contributed by atoms with Gasteiger partial charge in [0.1, 0.15) is 6.61 Å². The number of rotatable bonds is 7. The Balaban J connectivity index is 2.69. The molecule has 0 spiro atoms. The average Bonchev–Trinajstić information content (AvgIpc) is 2.35. The third-order valence-electron chi connectivity index (χ3n) is 2.27. The van der Waals surface area contributed by atoms with Gasteiger partial charge in [-0.25, -0.2) is 0 Å². The topological polar surface area (TPSA) is 53.7 Å². The first-order chi connectivity index (χ1) is 9.37. The monoisotopic (exact) mass is 313 g/mol. The van der Waals surface area contributed by atoms with Gasteiger partial charge >= 0.3 is 6.18 Å². The molecular weight excluding hydrogens is 299 g/mol. The van der Waals surface area contributed by atoms with E-state index in [1.54, 1.807) is 12.1 Å². The van der Waals surface area contributed by atoms with Gasteiger partial charge in [-0.3, -0.25) is 0 Å². The molecule has 114 valence electrons. The smallest absolute Gasteiger partial charge is 0.411 e. The van der Waals surface area contributed by atoms with E-state index < -0.39 is 19.6 Å². The summed E-state index contributed by atoms with van der Waals surface area (Å²) in [7, 11) is 1.40. The van der Waals surface area contributed by atoms with Gasteiger partial charge < -0.3 is 19.9 Å². The maximum absolute atomic E-state index is 11.9. The predicted molar refractivity (Wildman–Crippen MR) is 68.3 cm³/mol. The van der Waals surface area contributed by atoms with E-state index in [9.17, 15) is 13.2 Å². The first-order valence-corrected chi connectivity index (χ1v) is 6.09. The molecule has 0 fully saturated rings. The van der Waals surface area contributed by atoms with E-state index in [2.05, 4.69) is 4.74 Å². The lowest BCUT2D eigenvalue weighted by Gasteiger charge is -2.14. The summed E-state index contributed by atoms with van der Waals surface area (Å²) in [6, 6.07) is 3.29. The molecule has 0 heterocycles. The second-order valence-corrected chi connectivity index (χ2v) is 4.28. The molecule has 0 radical (unpaired) electrons. The summed E-state index contributed by atoms with van der Waals surface area (Å²) in [4.78, 5) is 0. The Morgan fingerprint density at radius 2 is 2.00 bits per heavy atom. The SMILES string of the molecule is COc1cc(CCN)cc(Cl)c1OCOCC(F)(F)F. The van der Waals surface area contributed by atoms with Crippen molar-refractivity contribution in [1.29, 1.82) is 0 Å². The second-order valence-electron chi connectivity index (χ2n) is 3.87. The summed E-state index contributed by atoms with van der Waals surface area (Å²) < 4.78 is 50.2. The average molecular weight is 314 g/mol. The van der Waals surface area contributed by atoms with Crippen LogP contribution in [0.4, 0.5) is 13.2 Å². The van der Waals surface area contributed by atoms with Crippen LogP contribution in [0.5, 0.6) is 11.5 Å². The number of benzene rings is 1. The van der Waals surface area contributed by atoms with Crippen molar-refractivity contribution < 1.29 is 27.4 Å². The fourth-order valence-electron chi connectivity index (χ4n) is 1.48. The second kappa shape index (κ2) is 7.56. The minimum Gasteiger partial charge on any atom is -0.493 e. The van der Waals surface area contributed by atoms with E-state index >= 15 is 0 Å². The van der Waals surface area contributed by atoms with Crippen molar-refractivity contribution in [1.82, 2.24) is 0 Å². The van der Waals surface area contributed by atoms with Gasteiger partial charge in [0, 0.05) is 0 Å². The van der Waals surface area contributed by atoms with Crippen LogP contribution in [0.1, 0.15) is 5.56 Å². The molecule has 0 aliphatic rings. The van der Waals surface area contributed by atoms with E-state index in [-0.39, 0.29) is 10.8 Å². The maximum atomic E-state index is 11.9. The number of methoxy groups -OCH3 is 1. The number of hydrogen-bond donors (Lipinski definition) is 1. The number of halogens is 4. The summed E-state index contributed by atoms with van der Waals surface area (Å²) in [6.45, 7) is -1.53. The molecule has 0 aliphatic heterocycles. The Morgan fingerprint density at radius 1 is 1.30 bits per heavy atom. The lowest BCUT2D eigenvalue weighted by atomic mass is 10.1. The van der Waals surface area contributed by atoms with Crippen molar-refractivity contribution in [3.63, 3.8) is 0 Å². The van der Waals surface area contributed by atoms with Gasteiger partial charge in [0.15, 0.2) is 18.3 Å². The summed E-state index contributed by atoms with van der Waals surface area (Å²) in [5.41, 5.74) is 6.28. The van der Waals surface area contributed by atoms with Gasteiger partial charge in [0.05, 0.1) is 12.1 Å². The molecule has 1 aromatic carbocycles. The molecule has 20 heavy (non-hydrogen) atoms. The van der Waals surface area contributed by atoms with Crippen molar-refractivity contribution in [3.8, 4) is 11.5 Å². The van der Waals surface area contributed by atoms with Crippen molar-refractivity contribution in [2.24, 2.45) is 5.73 Å². The lowest BCUT2D eigenvalue weighted by Crippen LogP contribution is -2.19. The van der Waals surface area contributed by atoms with Gasteiger partial charge in [-0.1, -0.05) is 11.6 Å². The number of ether oxygens (including phenoxy) is 3. The maximum Gasteiger partial charge on any atom is 0.411 e. The zero-order valence-electron chi connectivity index (χ0n) is 10.8. The highest BCUT2D eigenvalue weighted by molar-refractivity contribution is 6.32. The van der Waals surface area contributed by atoms with Gasteiger partial charge in [-0.05, 0) is 30.7 Å². The lowest BCUT2D eigenvalue weighted by molar-refractivity contribution is -0.186. The van der Waals surface area contributed by atoms with E-state index in [0.29, 0.717) is 18.7 Å². The van der Waals surface area contributed by atoms with Gasteiger partial charge in [-0.2, -0.15) is 13.2 Å². The Labute approximate surface area is 119 Å². The van der Waals surface area contributed by atoms with Gasteiger partial charge in [-0.15, -0.1) is 0 Å². The van der Waals surface area contributed by atoms with Crippen molar-refractivity contribution in [3.05, 3.63) is 22.7 Å². The minimum absolute atomic E-state index is 0.136. The van der Waals surface area contributed by atoms with E-state index in [1.165, 1.54) is 7.11 Å². The summed E-state index contributed by atoms with van der Waals surface area (Å²) in [6.07, 6.45) is -3.80. The quantitative estimate of drug-likeness (QED) is 0.621. The highest BCUT2D eigenvalue weighted by Gasteiger charge is 2.27. The fourth-order valence-corrected chi connectivity index (χ4v) is 1.77. The van der Waals surface area contributed by atoms with Crippen LogP contribution in [0.2, 0.25) is 5.02 Å². The molecular formula is C12H15ClF3NO3. The fraction of sp³-hybridized carbons (Fsp3) is 0.500. The highest BCUT2D eigenvalue weighted by Crippen LogP contribution is 2.36. The molecule has 1 rings (SSSR count). The Hall–Kier alpha value is -1.18. The molecule has 0 amide bonds. The van der Waals surface area contributed by atoms with Crippen molar-refractivity contribution in [2.45, 2.75) is 12.6 Å². The number of hydrogen-bond acceptors (Lipinski definition) is 4. The van der Waals surface area contributed by atoms with Gasteiger partial charge in [0.25, 0.3) is 0 Å². The zero-order chi connectivity index (χ0) is 15.2. The van der Waals surface area contributed by atoms with Crippen LogP contribution >= 0.6 is 11.6 Å². The molecule has 0 aromatic heterocycles. The van der Waals surface area contributed by atoms with E-state index in [0.717, 1.165) is 5.56 Å². The first-order valence-electron chi connectivity index (χ1n) is 5.71. The summed E-state index contributed by atoms with van der Waals surface area (Å²) >= 11 is 5.99. The standard InChI is InChI=1S/C12H15ClF3NO3/c1-18-10-5-8(2-3-17)4-9(13)11(10)20-7-19-6-12(14,15)16/h4-5H,2-3,6-7,17H2,1H3. The van der Waals surface area contributed by atoms with E-state index in [1.807, 2.05) is 0 Å². The minimum atomic E-state index is -4.40. The summed E-state index contributed by atoms with van der Waals surface area (Å²) in [5, 5.41) is 0.225. The molecule has 2 N–H and O–H groups in total. The molecule has 0 saturated carbocycles. The van der Waals surface area contributed by atoms with Crippen LogP contribution in [0, 0.1) is 0 Å². The van der Waals surface area contributed by atoms with Crippen LogP contribution in [0.25, 0.3) is 0 Å². The van der Waals surface area contributed by atoms with Crippen LogP contribution < -0.4 is 15.2 Å². The Morgan fingerprint density at radius 3 is 2.55 bits per heavy atom. The molecule has 4 nitrogen and oxygen atoms in total. The van der Waals surface area contributed by atoms with Crippen LogP contribution in [-0.2, 0) is 11.2 Å². The largest absolute Gasteiger partial charge is 0.493 e. The third-order valence-corrected chi connectivity index (χ3v) is 2.56. The first kappa shape index (κ1) is 16.9. The molecule has 0 atom stereocenters. The summed E-state index contributed by atoms with van der Waals surface area (Å²) in [5.74, 6) is 0.452. The molecule has 0 bridgehead atoms. The predicted octanol–water partition coefficient (Wildman–Crippen LogP) is 2.77. The third kappa shape index (κ3) is 5.44. The zero-order valence-corrected chi connectivity index (χ0v) is 11.6.